The van der Waals surface area contributed by atoms with Crippen LogP contribution in [0.1, 0.15) is 5.69 Å². The van der Waals surface area contributed by atoms with E-state index in [0.29, 0.717) is 6.42 Å². The molecule has 0 aromatic carbocycles. The Bertz CT molecular complexity index is 730. The summed E-state index contributed by atoms with van der Waals surface area (Å²) in [5.41, 5.74) is 3.20. The zero-order chi connectivity index (χ0) is 15.5. The van der Waals surface area contributed by atoms with Crippen LogP contribution < -0.4 is 16.0 Å². The van der Waals surface area contributed by atoms with Gasteiger partial charge >= 0.3 is 0 Å². The van der Waals surface area contributed by atoms with E-state index >= 15 is 0 Å². The summed E-state index contributed by atoms with van der Waals surface area (Å²) >= 11 is 5.86. The lowest BCUT2D eigenvalue weighted by atomic mass is 10.3. The molecule has 0 saturated heterocycles. The van der Waals surface area contributed by atoms with Crippen molar-refractivity contribution in [3.63, 3.8) is 0 Å². The molecule has 0 amide bonds. The topological polar surface area (TPSA) is 115 Å². The first-order valence-corrected chi connectivity index (χ1v) is 7.89. The van der Waals surface area contributed by atoms with Crippen LogP contribution in [0.3, 0.4) is 0 Å². The minimum absolute atomic E-state index is 0.0171. The minimum Gasteiger partial charge on any atom is -0.307 e. The Labute approximate surface area is 127 Å². The number of hydrogen-bond donors (Lipinski definition) is 3. The number of anilines is 1. The molecule has 10 heteroatoms. The van der Waals surface area contributed by atoms with E-state index in [1.165, 1.54) is 12.3 Å². The standard InChI is InChI=1S/C11H15ClN6O2S/c1-18-8(2-4-15-18)3-5-16-21(19,20)9-6-10(12)11(17-13)14-7-9/h2,4,6-7,16H,3,5,13H2,1H3,(H,14,17). The summed E-state index contributed by atoms with van der Waals surface area (Å²) in [6, 6.07) is 3.12. The summed E-state index contributed by atoms with van der Waals surface area (Å²) in [5.74, 6) is 5.40. The molecule has 4 N–H and O–H groups in total. The molecule has 0 spiro atoms. The molecular formula is C11H15ClN6O2S. The van der Waals surface area contributed by atoms with Crippen molar-refractivity contribution in [2.75, 3.05) is 12.0 Å². The van der Waals surface area contributed by atoms with E-state index in [4.69, 9.17) is 17.4 Å². The van der Waals surface area contributed by atoms with Crippen molar-refractivity contribution in [2.45, 2.75) is 11.3 Å². The Hall–Kier alpha value is -1.68. The second-order valence-corrected chi connectivity index (χ2v) is 6.41. The third kappa shape index (κ3) is 3.70. The second-order valence-electron chi connectivity index (χ2n) is 4.24. The zero-order valence-corrected chi connectivity index (χ0v) is 12.8. The van der Waals surface area contributed by atoms with E-state index in [2.05, 4.69) is 20.2 Å². The molecule has 2 heterocycles. The SMILES string of the molecule is Cn1nccc1CCNS(=O)(=O)c1cnc(NN)c(Cl)c1. The van der Waals surface area contributed by atoms with Gasteiger partial charge in [-0.1, -0.05) is 11.6 Å². The summed E-state index contributed by atoms with van der Waals surface area (Å²) in [7, 11) is -1.87. The van der Waals surface area contributed by atoms with E-state index in [9.17, 15) is 8.42 Å². The van der Waals surface area contributed by atoms with Crippen LogP contribution >= 0.6 is 11.6 Å². The molecule has 0 radical (unpaired) electrons. The number of nitrogens with one attached hydrogen (secondary N) is 2. The number of sulfonamides is 1. The number of pyridine rings is 1. The molecule has 2 aromatic rings. The molecule has 0 unspecified atom stereocenters. The van der Waals surface area contributed by atoms with Gasteiger partial charge in [0.15, 0.2) is 5.82 Å². The van der Waals surface area contributed by atoms with Gasteiger partial charge in [0.1, 0.15) is 4.90 Å². The zero-order valence-electron chi connectivity index (χ0n) is 11.2. The van der Waals surface area contributed by atoms with Gasteiger partial charge in [0.05, 0.1) is 5.02 Å². The van der Waals surface area contributed by atoms with Crippen LogP contribution in [0.2, 0.25) is 5.02 Å². The summed E-state index contributed by atoms with van der Waals surface area (Å²) in [6.07, 6.45) is 3.37. The highest BCUT2D eigenvalue weighted by Gasteiger charge is 2.16. The Kier molecular flexibility index (Phi) is 4.78. The number of aromatic nitrogens is 3. The molecule has 0 atom stereocenters. The van der Waals surface area contributed by atoms with Crippen molar-refractivity contribution in [3.05, 3.63) is 35.2 Å². The fourth-order valence-electron chi connectivity index (χ4n) is 1.72. The summed E-state index contributed by atoms with van der Waals surface area (Å²) in [6.45, 7) is 0.246. The smallest absolute Gasteiger partial charge is 0.242 e. The first kappa shape index (κ1) is 15.7. The molecule has 114 valence electrons. The molecule has 2 aromatic heterocycles. The third-order valence-corrected chi connectivity index (χ3v) is 4.57. The van der Waals surface area contributed by atoms with Gasteiger partial charge in [-0.2, -0.15) is 5.10 Å². The highest BCUT2D eigenvalue weighted by atomic mass is 35.5. The highest BCUT2D eigenvalue weighted by Crippen LogP contribution is 2.21. The normalized spacial score (nSPS) is 11.6. The van der Waals surface area contributed by atoms with Crippen LogP contribution in [-0.4, -0.2) is 29.7 Å². The van der Waals surface area contributed by atoms with Gasteiger partial charge in [0, 0.05) is 38.1 Å². The van der Waals surface area contributed by atoms with Gasteiger partial charge < -0.3 is 5.43 Å². The lowest BCUT2D eigenvalue weighted by Crippen LogP contribution is -2.26. The molecular weight excluding hydrogens is 316 g/mol. The molecule has 8 nitrogen and oxygen atoms in total. The Morgan fingerprint density at radius 2 is 2.24 bits per heavy atom. The van der Waals surface area contributed by atoms with Gasteiger partial charge in [-0.05, 0) is 12.1 Å². The van der Waals surface area contributed by atoms with Gasteiger partial charge in [-0.15, -0.1) is 0 Å². The van der Waals surface area contributed by atoms with Crippen molar-refractivity contribution >= 4 is 27.4 Å². The van der Waals surface area contributed by atoms with Gasteiger partial charge in [-0.25, -0.2) is 24.0 Å². The Morgan fingerprint density at radius 1 is 1.48 bits per heavy atom. The van der Waals surface area contributed by atoms with Crippen molar-refractivity contribution in [1.82, 2.24) is 19.5 Å². The Balaban J connectivity index is 2.05. The van der Waals surface area contributed by atoms with Crippen LogP contribution in [0, 0.1) is 0 Å². The predicted molar refractivity (Wildman–Crippen MR) is 79.2 cm³/mol. The van der Waals surface area contributed by atoms with Gasteiger partial charge in [0.25, 0.3) is 0 Å². The maximum absolute atomic E-state index is 12.1. The molecule has 21 heavy (non-hydrogen) atoms. The van der Waals surface area contributed by atoms with Crippen molar-refractivity contribution in [1.29, 1.82) is 0 Å². The fraction of sp³-hybridized carbons (Fsp3) is 0.273. The molecule has 0 aliphatic rings. The summed E-state index contributed by atoms with van der Waals surface area (Å²) < 4.78 is 28.4. The minimum atomic E-state index is -3.67. The van der Waals surface area contributed by atoms with Crippen LogP contribution in [0.15, 0.2) is 29.4 Å². The van der Waals surface area contributed by atoms with Crippen LogP contribution in [-0.2, 0) is 23.5 Å². The average molecular weight is 331 g/mol. The quantitative estimate of drug-likeness (QED) is 0.517. The maximum Gasteiger partial charge on any atom is 0.242 e. The second kappa shape index (κ2) is 6.39. The summed E-state index contributed by atoms with van der Waals surface area (Å²) in [5, 5.41) is 4.15. The number of nitrogen functional groups attached to an aromatic ring is 1. The lowest BCUT2D eigenvalue weighted by molar-refractivity contribution is 0.579. The predicted octanol–water partition coefficient (Wildman–Crippen LogP) is 0.275. The average Bonchev–Trinajstić information content (AvgIpc) is 2.84. The third-order valence-electron chi connectivity index (χ3n) is 2.86. The number of hydrazine groups is 1. The van der Waals surface area contributed by atoms with Crippen molar-refractivity contribution in [3.8, 4) is 0 Å². The molecule has 2 rings (SSSR count). The van der Waals surface area contributed by atoms with Gasteiger partial charge in [-0.3, -0.25) is 4.68 Å². The number of hydrogen-bond acceptors (Lipinski definition) is 6. The molecule has 0 aliphatic carbocycles. The number of aryl methyl sites for hydroxylation is 1. The number of nitrogens with two attached hydrogens (primary N) is 1. The summed E-state index contributed by atoms with van der Waals surface area (Å²) in [4.78, 5) is 3.82. The number of halogens is 1. The molecule has 0 bridgehead atoms. The van der Waals surface area contributed by atoms with Crippen molar-refractivity contribution in [2.24, 2.45) is 12.9 Å². The molecule has 0 fully saturated rings. The van der Waals surface area contributed by atoms with E-state index in [1.807, 2.05) is 6.07 Å². The lowest BCUT2D eigenvalue weighted by Gasteiger charge is -2.08. The highest BCUT2D eigenvalue weighted by molar-refractivity contribution is 7.89. The first-order valence-electron chi connectivity index (χ1n) is 6.03. The number of nitrogens with zero attached hydrogens (tertiary/aromatic N) is 3. The van der Waals surface area contributed by atoms with Crippen molar-refractivity contribution < 1.29 is 8.42 Å². The van der Waals surface area contributed by atoms with Crippen LogP contribution in [0.5, 0.6) is 0 Å². The van der Waals surface area contributed by atoms with Gasteiger partial charge in [0.2, 0.25) is 10.0 Å². The van der Waals surface area contributed by atoms with E-state index < -0.39 is 10.0 Å². The van der Waals surface area contributed by atoms with Crippen LogP contribution in [0.4, 0.5) is 5.82 Å². The van der Waals surface area contributed by atoms with E-state index in [-0.39, 0.29) is 22.3 Å². The fourth-order valence-corrected chi connectivity index (χ4v) is 3.00. The number of rotatable bonds is 6. The largest absolute Gasteiger partial charge is 0.307 e. The molecule has 0 aliphatic heterocycles. The van der Waals surface area contributed by atoms with E-state index in [0.717, 1.165) is 5.69 Å². The Morgan fingerprint density at radius 3 is 2.81 bits per heavy atom. The molecule has 0 saturated carbocycles. The monoisotopic (exact) mass is 330 g/mol. The van der Waals surface area contributed by atoms with Crippen LogP contribution in [0.25, 0.3) is 0 Å². The van der Waals surface area contributed by atoms with E-state index in [1.54, 1.807) is 17.9 Å². The maximum atomic E-state index is 12.1. The first-order chi connectivity index (χ1) is 9.94.